The second-order valence-corrected chi connectivity index (χ2v) is 5.50. The van der Waals surface area contributed by atoms with Gasteiger partial charge in [0.25, 0.3) is 0 Å². The summed E-state index contributed by atoms with van der Waals surface area (Å²) in [6.45, 7) is 0. The Balaban J connectivity index is 1.78. The van der Waals surface area contributed by atoms with E-state index < -0.39 is 12.2 Å². The van der Waals surface area contributed by atoms with Crippen LogP contribution in [-0.4, -0.2) is 16.3 Å². The summed E-state index contributed by atoms with van der Waals surface area (Å²) in [5.41, 5.74) is 0.814. The number of aliphatic hydroxyl groups is 2. The third-order valence-electron chi connectivity index (χ3n) is 4.10. The first kappa shape index (κ1) is 13.6. The number of aliphatic hydroxyl groups excluding tert-OH is 2. The molecule has 18 heavy (non-hydrogen) atoms. The van der Waals surface area contributed by atoms with Crippen molar-refractivity contribution in [2.75, 3.05) is 0 Å². The van der Waals surface area contributed by atoms with Gasteiger partial charge in [0.05, 0.1) is 6.10 Å². The Morgan fingerprint density at radius 3 is 2.33 bits per heavy atom. The zero-order chi connectivity index (χ0) is 12.8. The van der Waals surface area contributed by atoms with E-state index in [1.54, 1.807) is 0 Å². The van der Waals surface area contributed by atoms with Crippen molar-refractivity contribution in [3.8, 4) is 0 Å². The molecule has 0 saturated heterocycles. The van der Waals surface area contributed by atoms with E-state index >= 15 is 0 Å². The number of rotatable bonds is 5. The van der Waals surface area contributed by atoms with Crippen molar-refractivity contribution in [2.45, 2.75) is 57.2 Å². The third kappa shape index (κ3) is 3.82. The highest BCUT2D eigenvalue weighted by Crippen LogP contribution is 2.29. The predicted octanol–water partition coefficient (Wildman–Crippen LogP) is 3.44. The zero-order valence-electron chi connectivity index (χ0n) is 11.0. The molecule has 2 unspecified atom stereocenters. The highest BCUT2D eigenvalue weighted by atomic mass is 16.3. The average molecular weight is 248 g/mol. The Hall–Kier alpha value is -0.860. The molecule has 1 aromatic carbocycles. The molecule has 0 heterocycles. The Morgan fingerprint density at radius 2 is 1.67 bits per heavy atom. The van der Waals surface area contributed by atoms with Gasteiger partial charge in [-0.25, -0.2) is 0 Å². The lowest BCUT2D eigenvalue weighted by atomic mass is 9.85. The first-order valence-electron chi connectivity index (χ1n) is 7.18. The van der Waals surface area contributed by atoms with Gasteiger partial charge in [0, 0.05) is 0 Å². The topological polar surface area (TPSA) is 40.5 Å². The second kappa shape index (κ2) is 6.91. The summed E-state index contributed by atoms with van der Waals surface area (Å²) < 4.78 is 0. The van der Waals surface area contributed by atoms with E-state index in [4.69, 9.17) is 0 Å². The minimum Gasteiger partial charge on any atom is -0.390 e. The maximum absolute atomic E-state index is 10.1. The van der Waals surface area contributed by atoms with Crippen molar-refractivity contribution >= 4 is 0 Å². The fourth-order valence-electron chi connectivity index (χ4n) is 2.91. The van der Waals surface area contributed by atoms with Crippen LogP contribution in [0.5, 0.6) is 0 Å². The van der Waals surface area contributed by atoms with Crippen LogP contribution >= 0.6 is 0 Å². The summed E-state index contributed by atoms with van der Waals surface area (Å²) >= 11 is 0. The SMILES string of the molecule is OC(CCC1CCCCC1)C(O)c1ccccc1. The molecule has 2 heteroatoms. The fourth-order valence-corrected chi connectivity index (χ4v) is 2.91. The van der Waals surface area contributed by atoms with Crippen molar-refractivity contribution in [3.63, 3.8) is 0 Å². The normalized spacial score (nSPS) is 20.6. The quantitative estimate of drug-likeness (QED) is 0.838. The van der Waals surface area contributed by atoms with E-state index in [0.29, 0.717) is 6.42 Å². The van der Waals surface area contributed by atoms with Gasteiger partial charge in [0.15, 0.2) is 0 Å². The van der Waals surface area contributed by atoms with Gasteiger partial charge < -0.3 is 10.2 Å². The van der Waals surface area contributed by atoms with Gasteiger partial charge in [0.2, 0.25) is 0 Å². The molecule has 1 aliphatic carbocycles. The van der Waals surface area contributed by atoms with E-state index in [2.05, 4.69) is 0 Å². The standard InChI is InChI=1S/C16H24O2/c17-15(12-11-13-7-3-1-4-8-13)16(18)14-9-5-2-6-10-14/h2,5-6,9-10,13,15-18H,1,3-4,7-8,11-12H2. The van der Waals surface area contributed by atoms with Crippen molar-refractivity contribution in [1.82, 2.24) is 0 Å². The van der Waals surface area contributed by atoms with E-state index in [9.17, 15) is 10.2 Å². The maximum atomic E-state index is 10.1. The van der Waals surface area contributed by atoms with Gasteiger partial charge >= 0.3 is 0 Å². The fraction of sp³-hybridized carbons (Fsp3) is 0.625. The van der Waals surface area contributed by atoms with Gasteiger partial charge in [0.1, 0.15) is 6.10 Å². The Morgan fingerprint density at radius 1 is 1.00 bits per heavy atom. The summed E-state index contributed by atoms with van der Waals surface area (Å²) in [6.07, 6.45) is 7.02. The molecule has 0 amide bonds. The van der Waals surface area contributed by atoms with E-state index in [1.165, 1.54) is 32.1 Å². The van der Waals surface area contributed by atoms with Crippen LogP contribution in [0.15, 0.2) is 30.3 Å². The predicted molar refractivity (Wildman–Crippen MR) is 73.2 cm³/mol. The van der Waals surface area contributed by atoms with Gasteiger partial charge in [-0.1, -0.05) is 62.4 Å². The molecule has 0 radical (unpaired) electrons. The Bertz CT molecular complexity index is 330. The monoisotopic (exact) mass is 248 g/mol. The van der Waals surface area contributed by atoms with E-state index in [-0.39, 0.29) is 0 Å². The number of hydrogen-bond acceptors (Lipinski definition) is 2. The summed E-state index contributed by atoms with van der Waals surface area (Å²) in [6, 6.07) is 9.45. The minimum atomic E-state index is -0.741. The van der Waals surface area contributed by atoms with Crippen molar-refractivity contribution < 1.29 is 10.2 Å². The molecule has 0 aromatic heterocycles. The molecular formula is C16H24O2. The molecule has 0 spiro atoms. The highest BCUT2D eigenvalue weighted by Gasteiger charge is 2.20. The molecule has 0 aliphatic heterocycles. The van der Waals surface area contributed by atoms with Crippen LogP contribution in [0.3, 0.4) is 0 Å². The molecule has 2 rings (SSSR count). The van der Waals surface area contributed by atoms with Crippen LogP contribution in [0.1, 0.15) is 56.6 Å². The van der Waals surface area contributed by atoms with Gasteiger partial charge in [-0.2, -0.15) is 0 Å². The molecule has 1 fully saturated rings. The first-order valence-corrected chi connectivity index (χ1v) is 7.18. The maximum Gasteiger partial charge on any atom is 0.105 e. The lowest BCUT2D eigenvalue weighted by molar-refractivity contribution is 0.00888. The molecule has 1 aliphatic rings. The lowest BCUT2D eigenvalue weighted by Crippen LogP contribution is -2.20. The van der Waals surface area contributed by atoms with Crippen LogP contribution in [0, 0.1) is 5.92 Å². The smallest absolute Gasteiger partial charge is 0.105 e. The van der Waals surface area contributed by atoms with Crippen LogP contribution in [0.4, 0.5) is 0 Å². The molecule has 2 N–H and O–H groups in total. The Labute approximate surface area is 110 Å². The van der Waals surface area contributed by atoms with Gasteiger partial charge in [-0.15, -0.1) is 0 Å². The van der Waals surface area contributed by atoms with Crippen molar-refractivity contribution in [3.05, 3.63) is 35.9 Å². The highest BCUT2D eigenvalue weighted by molar-refractivity contribution is 5.18. The van der Waals surface area contributed by atoms with Gasteiger partial charge in [-0.3, -0.25) is 0 Å². The molecule has 2 atom stereocenters. The first-order chi connectivity index (χ1) is 8.77. The largest absolute Gasteiger partial charge is 0.390 e. The van der Waals surface area contributed by atoms with Crippen LogP contribution in [0.25, 0.3) is 0 Å². The molecular weight excluding hydrogens is 224 g/mol. The van der Waals surface area contributed by atoms with Crippen LogP contribution in [-0.2, 0) is 0 Å². The number of benzene rings is 1. The molecule has 1 saturated carbocycles. The van der Waals surface area contributed by atoms with Crippen LogP contribution < -0.4 is 0 Å². The van der Waals surface area contributed by atoms with Crippen molar-refractivity contribution in [1.29, 1.82) is 0 Å². The van der Waals surface area contributed by atoms with Crippen LogP contribution in [0.2, 0.25) is 0 Å². The molecule has 100 valence electrons. The second-order valence-electron chi connectivity index (χ2n) is 5.50. The summed E-state index contributed by atoms with van der Waals surface area (Å²) in [5.74, 6) is 0.761. The van der Waals surface area contributed by atoms with E-state index in [0.717, 1.165) is 17.9 Å². The summed E-state index contributed by atoms with van der Waals surface area (Å²) in [7, 11) is 0. The summed E-state index contributed by atoms with van der Waals surface area (Å²) in [4.78, 5) is 0. The zero-order valence-corrected chi connectivity index (χ0v) is 11.0. The number of hydrogen-bond donors (Lipinski definition) is 2. The Kier molecular flexibility index (Phi) is 5.21. The van der Waals surface area contributed by atoms with Crippen molar-refractivity contribution in [2.24, 2.45) is 5.92 Å². The van der Waals surface area contributed by atoms with E-state index in [1.807, 2.05) is 30.3 Å². The summed E-state index contributed by atoms with van der Waals surface area (Å²) in [5, 5.41) is 20.1. The third-order valence-corrected chi connectivity index (χ3v) is 4.10. The lowest BCUT2D eigenvalue weighted by Gasteiger charge is -2.24. The molecule has 0 bridgehead atoms. The molecule has 2 nitrogen and oxygen atoms in total. The van der Waals surface area contributed by atoms with Gasteiger partial charge in [-0.05, 0) is 24.3 Å². The average Bonchev–Trinajstić information content (AvgIpc) is 2.46. The minimum absolute atomic E-state index is 0.630. The molecule has 1 aromatic rings.